The van der Waals surface area contributed by atoms with Crippen LogP contribution in [0.5, 0.6) is 5.75 Å². The summed E-state index contributed by atoms with van der Waals surface area (Å²) < 4.78 is 39.8. The van der Waals surface area contributed by atoms with Crippen molar-refractivity contribution in [2.45, 2.75) is 6.36 Å². The first kappa shape index (κ1) is 16.3. The highest BCUT2D eigenvalue weighted by atomic mass is 35.5. The highest BCUT2D eigenvalue weighted by Gasteiger charge is 2.31. The number of ether oxygens (including phenoxy) is 1. The first-order valence-electron chi connectivity index (χ1n) is 5.16. The second kappa shape index (κ2) is 6.64. The predicted octanol–water partition coefficient (Wildman–Crippen LogP) is 2.87. The van der Waals surface area contributed by atoms with Gasteiger partial charge in [-0.15, -0.1) is 13.2 Å². The zero-order valence-corrected chi connectivity index (χ0v) is 10.9. The van der Waals surface area contributed by atoms with Gasteiger partial charge in [0.2, 0.25) is 0 Å². The average molecular weight is 315 g/mol. The summed E-state index contributed by atoms with van der Waals surface area (Å²) in [6.45, 7) is 0. The van der Waals surface area contributed by atoms with Crippen molar-refractivity contribution < 1.29 is 17.9 Å². The minimum Gasteiger partial charge on any atom is -0.406 e. The molecule has 0 saturated heterocycles. The second-order valence-electron chi connectivity index (χ2n) is 3.48. The van der Waals surface area contributed by atoms with Crippen LogP contribution >= 0.6 is 11.6 Å². The summed E-state index contributed by atoms with van der Waals surface area (Å²) in [5.74, 6) is -0.489. The van der Waals surface area contributed by atoms with Crippen LogP contribution in [0.1, 0.15) is 5.56 Å². The molecule has 0 aliphatic heterocycles. The minimum absolute atomic E-state index is 0.0756. The van der Waals surface area contributed by atoms with E-state index < -0.39 is 12.1 Å². The van der Waals surface area contributed by atoms with Gasteiger partial charge in [0, 0.05) is 11.8 Å². The molecule has 2 N–H and O–H groups in total. The molecule has 0 unspecified atom stereocenters. The molecule has 0 atom stereocenters. The maximum absolute atomic E-state index is 12.0. The van der Waals surface area contributed by atoms with Crippen molar-refractivity contribution in [3.05, 3.63) is 40.2 Å². The first-order chi connectivity index (χ1) is 9.76. The van der Waals surface area contributed by atoms with Gasteiger partial charge in [-0.3, -0.25) is 0 Å². The predicted molar refractivity (Wildman–Crippen MR) is 68.2 cm³/mol. The van der Waals surface area contributed by atoms with E-state index in [9.17, 15) is 13.2 Å². The third-order valence-electron chi connectivity index (χ3n) is 2.02. The van der Waals surface area contributed by atoms with Crippen molar-refractivity contribution in [2.75, 3.05) is 0 Å². The van der Waals surface area contributed by atoms with Gasteiger partial charge in [-0.1, -0.05) is 11.6 Å². The number of allylic oxidation sites excluding steroid dienone is 2. The lowest BCUT2D eigenvalue weighted by atomic mass is 10.2. The SMILES string of the molecule is N#C/C(N)=C(C#N)\N=C\c1ccc(OC(F)(F)F)cc1Cl. The van der Waals surface area contributed by atoms with Crippen LogP contribution in [0.2, 0.25) is 5.02 Å². The van der Waals surface area contributed by atoms with Crippen LogP contribution in [0.25, 0.3) is 0 Å². The molecular formula is C12H6ClF3N4O. The van der Waals surface area contributed by atoms with E-state index in [0.717, 1.165) is 18.3 Å². The maximum Gasteiger partial charge on any atom is 0.573 e. The summed E-state index contributed by atoms with van der Waals surface area (Å²) >= 11 is 5.76. The van der Waals surface area contributed by atoms with Crippen LogP contribution in [0, 0.1) is 22.7 Å². The van der Waals surface area contributed by atoms with E-state index in [-0.39, 0.29) is 22.0 Å². The molecule has 0 heterocycles. The Kier molecular flexibility index (Phi) is 5.17. The number of aliphatic imine (C=N–C) groups is 1. The Bertz CT molecular complexity index is 683. The molecule has 0 aromatic heterocycles. The van der Waals surface area contributed by atoms with Crippen LogP contribution < -0.4 is 10.5 Å². The number of benzene rings is 1. The van der Waals surface area contributed by atoms with Crippen LogP contribution in [0.4, 0.5) is 13.2 Å². The Morgan fingerprint density at radius 2 is 2.00 bits per heavy atom. The Morgan fingerprint density at radius 3 is 2.48 bits per heavy atom. The quantitative estimate of drug-likeness (QED) is 0.685. The van der Waals surface area contributed by atoms with E-state index in [1.54, 1.807) is 12.1 Å². The molecule has 9 heteroatoms. The smallest absolute Gasteiger partial charge is 0.406 e. The lowest BCUT2D eigenvalue weighted by Gasteiger charge is -2.09. The van der Waals surface area contributed by atoms with Crippen molar-refractivity contribution in [1.29, 1.82) is 10.5 Å². The molecule has 108 valence electrons. The molecule has 1 rings (SSSR count). The topological polar surface area (TPSA) is 95.2 Å². The summed E-state index contributed by atoms with van der Waals surface area (Å²) in [6, 6.07) is 6.34. The Morgan fingerprint density at radius 1 is 1.33 bits per heavy atom. The normalized spacial score (nSPS) is 12.5. The highest BCUT2D eigenvalue weighted by Crippen LogP contribution is 2.27. The number of alkyl halides is 3. The van der Waals surface area contributed by atoms with Crippen LogP contribution in [-0.4, -0.2) is 12.6 Å². The number of nitrogens with two attached hydrogens (primary N) is 1. The standard InChI is InChI=1S/C12H6ClF3N4O/c13-9-3-8(21-12(14,15)16)2-1-7(9)6-20-11(5-18)10(19)4-17/h1-3,6H,19H2/b11-10+,20-6+. The third-order valence-corrected chi connectivity index (χ3v) is 2.35. The van der Waals surface area contributed by atoms with Gasteiger partial charge < -0.3 is 10.5 Å². The van der Waals surface area contributed by atoms with E-state index in [4.69, 9.17) is 27.9 Å². The third kappa shape index (κ3) is 5.05. The first-order valence-corrected chi connectivity index (χ1v) is 5.54. The molecule has 0 spiro atoms. The number of hydrogen-bond donors (Lipinski definition) is 1. The molecule has 0 fully saturated rings. The Labute approximate surface area is 122 Å². The fourth-order valence-electron chi connectivity index (χ4n) is 1.16. The van der Waals surface area contributed by atoms with Gasteiger partial charge in [0.25, 0.3) is 0 Å². The van der Waals surface area contributed by atoms with Gasteiger partial charge >= 0.3 is 6.36 Å². The molecular weight excluding hydrogens is 309 g/mol. The fraction of sp³-hybridized carbons (Fsp3) is 0.0833. The van der Waals surface area contributed by atoms with Crippen molar-refractivity contribution in [3.63, 3.8) is 0 Å². The number of nitriles is 2. The molecule has 1 aromatic rings. The molecule has 0 bridgehead atoms. The van der Waals surface area contributed by atoms with Gasteiger partial charge in [0.15, 0.2) is 5.70 Å². The summed E-state index contributed by atoms with van der Waals surface area (Å²) in [5.41, 5.74) is 4.74. The largest absolute Gasteiger partial charge is 0.573 e. The monoisotopic (exact) mass is 314 g/mol. The molecule has 1 aromatic carbocycles. The van der Waals surface area contributed by atoms with Gasteiger partial charge in [0.05, 0.1) is 5.02 Å². The van der Waals surface area contributed by atoms with Crippen molar-refractivity contribution in [3.8, 4) is 17.9 Å². The number of rotatable bonds is 3. The zero-order valence-electron chi connectivity index (χ0n) is 10.1. The second-order valence-corrected chi connectivity index (χ2v) is 3.88. The molecule has 5 nitrogen and oxygen atoms in total. The Hall–Kier alpha value is -2.71. The highest BCUT2D eigenvalue weighted by molar-refractivity contribution is 6.33. The van der Waals surface area contributed by atoms with Gasteiger partial charge in [0.1, 0.15) is 23.6 Å². The number of nitrogens with zero attached hydrogens (tertiary/aromatic N) is 3. The fourth-order valence-corrected chi connectivity index (χ4v) is 1.37. The van der Waals surface area contributed by atoms with E-state index in [0.29, 0.717) is 0 Å². The minimum atomic E-state index is -4.82. The van der Waals surface area contributed by atoms with Gasteiger partial charge in [-0.2, -0.15) is 10.5 Å². The van der Waals surface area contributed by atoms with Crippen LogP contribution in [-0.2, 0) is 0 Å². The van der Waals surface area contributed by atoms with Gasteiger partial charge in [-0.25, -0.2) is 4.99 Å². The van der Waals surface area contributed by atoms with E-state index in [1.807, 2.05) is 0 Å². The maximum atomic E-state index is 12.0. The van der Waals surface area contributed by atoms with Crippen molar-refractivity contribution >= 4 is 17.8 Å². The zero-order chi connectivity index (χ0) is 16.0. The Balaban J connectivity index is 3.03. The van der Waals surface area contributed by atoms with Crippen LogP contribution in [0.3, 0.4) is 0 Å². The summed E-state index contributed by atoms with van der Waals surface area (Å²) in [7, 11) is 0. The number of hydrogen-bond acceptors (Lipinski definition) is 5. The molecule has 0 saturated carbocycles. The van der Waals surface area contributed by atoms with E-state index in [1.165, 1.54) is 6.07 Å². The lowest BCUT2D eigenvalue weighted by molar-refractivity contribution is -0.274. The number of halogens is 4. The summed E-state index contributed by atoms with van der Waals surface area (Å²) in [5, 5.41) is 17.2. The molecule has 0 radical (unpaired) electrons. The molecule has 0 amide bonds. The van der Waals surface area contributed by atoms with Crippen LogP contribution in [0.15, 0.2) is 34.6 Å². The van der Waals surface area contributed by atoms with Crippen molar-refractivity contribution in [2.24, 2.45) is 10.7 Å². The van der Waals surface area contributed by atoms with Crippen molar-refractivity contribution in [1.82, 2.24) is 0 Å². The summed E-state index contributed by atoms with van der Waals surface area (Å²) in [6.07, 6.45) is -3.72. The van der Waals surface area contributed by atoms with Gasteiger partial charge in [-0.05, 0) is 18.2 Å². The molecule has 0 aliphatic rings. The van der Waals surface area contributed by atoms with E-state index >= 15 is 0 Å². The molecule has 21 heavy (non-hydrogen) atoms. The molecule has 0 aliphatic carbocycles. The average Bonchev–Trinajstić information content (AvgIpc) is 2.39. The lowest BCUT2D eigenvalue weighted by Crippen LogP contribution is -2.17. The van der Waals surface area contributed by atoms with E-state index in [2.05, 4.69) is 9.73 Å². The summed E-state index contributed by atoms with van der Waals surface area (Å²) in [4.78, 5) is 3.65.